The number of imidazole rings is 1. The van der Waals surface area contributed by atoms with Gasteiger partial charge in [-0.2, -0.15) is 4.98 Å². The molecule has 3 aromatic rings. The monoisotopic (exact) mass is 440 g/mol. The first kappa shape index (κ1) is 20.5. The lowest BCUT2D eigenvalue weighted by Crippen LogP contribution is -2.56. The average Bonchev–Trinajstić information content (AvgIpc) is 3.50. The van der Waals surface area contributed by atoms with E-state index in [0.717, 1.165) is 25.0 Å². The summed E-state index contributed by atoms with van der Waals surface area (Å²) in [5.41, 5.74) is 0.985. The number of nitrogens with zero attached hydrogens (tertiary/aromatic N) is 6. The molecular formula is C22H22F2N6O2. The molecular weight excluding hydrogens is 418 g/mol. The third-order valence-electron chi connectivity index (χ3n) is 5.93. The number of carbonyl (C=O) groups is 1. The van der Waals surface area contributed by atoms with Crippen LogP contribution >= 0.6 is 0 Å². The number of hydrogen-bond acceptors (Lipinski definition) is 6. The molecule has 2 atom stereocenters. The molecule has 5 rings (SSSR count). The van der Waals surface area contributed by atoms with Crippen LogP contribution in [-0.4, -0.2) is 51.4 Å². The fourth-order valence-corrected chi connectivity index (χ4v) is 4.31. The van der Waals surface area contributed by atoms with Crippen molar-refractivity contribution in [3.63, 3.8) is 0 Å². The highest BCUT2D eigenvalue weighted by Gasteiger charge is 2.42. The van der Waals surface area contributed by atoms with Crippen LogP contribution in [0.25, 0.3) is 17.3 Å². The molecule has 0 N–H and O–H groups in total. The molecule has 0 spiro atoms. The van der Waals surface area contributed by atoms with E-state index in [9.17, 15) is 13.6 Å². The maximum absolute atomic E-state index is 13.8. The minimum Gasteiger partial charge on any atom is -0.358 e. The van der Waals surface area contributed by atoms with Crippen molar-refractivity contribution in [2.45, 2.75) is 38.5 Å². The first-order chi connectivity index (χ1) is 15.5. The summed E-state index contributed by atoms with van der Waals surface area (Å²) in [5.74, 6) is -0.639. The summed E-state index contributed by atoms with van der Waals surface area (Å²) in [5, 5.41) is 0. The van der Waals surface area contributed by atoms with E-state index >= 15 is 0 Å². The van der Waals surface area contributed by atoms with Gasteiger partial charge in [0.25, 0.3) is 0 Å². The molecule has 2 aliphatic heterocycles. The van der Waals surface area contributed by atoms with E-state index in [1.807, 2.05) is 11.8 Å². The Morgan fingerprint density at radius 2 is 2.06 bits per heavy atom. The number of carbonyl (C=O) groups excluding carboxylic acids is 1. The Kier molecular flexibility index (Phi) is 5.09. The summed E-state index contributed by atoms with van der Waals surface area (Å²) >= 11 is 0. The minimum absolute atomic E-state index is 0.0306. The van der Waals surface area contributed by atoms with Crippen LogP contribution in [0.15, 0.2) is 36.8 Å². The molecule has 0 radical (unpaired) electrons. The van der Waals surface area contributed by atoms with Gasteiger partial charge in [-0.05, 0) is 37.5 Å². The van der Waals surface area contributed by atoms with E-state index in [1.165, 1.54) is 6.07 Å². The molecule has 2 aliphatic rings. The predicted molar refractivity (Wildman–Crippen MR) is 113 cm³/mol. The first-order valence-electron chi connectivity index (χ1n) is 10.5. The van der Waals surface area contributed by atoms with Crippen molar-refractivity contribution in [3.05, 3.63) is 48.4 Å². The fourth-order valence-electron chi connectivity index (χ4n) is 4.31. The Bertz CT molecular complexity index is 1180. The zero-order valence-electron chi connectivity index (χ0n) is 17.7. The lowest BCUT2D eigenvalue weighted by Gasteiger charge is -2.42. The van der Waals surface area contributed by atoms with Gasteiger partial charge in [0.1, 0.15) is 23.8 Å². The van der Waals surface area contributed by atoms with Gasteiger partial charge in [0.05, 0.1) is 6.20 Å². The van der Waals surface area contributed by atoms with Gasteiger partial charge in [-0.1, -0.05) is 6.92 Å². The summed E-state index contributed by atoms with van der Waals surface area (Å²) < 4.78 is 34.7. The topological polar surface area (TPSA) is 76.4 Å². The molecule has 1 fully saturated rings. The second-order valence-electron chi connectivity index (χ2n) is 7.82. The van der Waals surface area contributed by atoms with Crippen LogP contribution in [0.3, 0.4) is 0 Å². The Hall–Kier alpha value is -3.40. The van der Waals surface area contributed by atoms with Crippen LogP contribution in [0.5, 0.6) is 0 Å². The standard InChI is InChI=1S/C22H22F2N6O2/c1-3-16-21(31)28(2)17-12-26-22(27-20(17)30(16)18-5-4-10-32-18)29-9-8-25-19(29)13-6-7-14(23)15(24)11-13/h6-9,11-12,16,18H,3-5,10H2,1-2H3/t16-,18?/m1/s1. The van der Waals surface area contributed by atoms with E-state index in [1.54, 1.807) is 35.1 Å². The van der Waals surface area contributed by atoms with E-state index in [4.69, 9.17) is 9.72 Å². The molecule has 4 heterocycles. The molecule has 1 amide bonds. The first-order valence-corrected chi connectivity index (χ1v) is 10.5. The number of likely N-dealkylation sites (N-methyl/N-ethyl adjacent to an activating group) is 1. The Morgan fingerprint density at radius 1 is 1.22 bits per heavy atom. The number of fused-ring (bicyclic) bond motifs is 1. The third kappa shape index (κ3) is 3.22. The van der Waals surface area contributed by atoms with Gasteiger partial charge in [0, 0.05) is 31.6 Å². The number of aromatic nitrogens is 4. The summed E-state index contributed by atoms with van der Waals surface area (Å²) in [6.07, 6.45) is 6.87. The Labute approximate surface area is 183 Å². The van der Waals surface area contributed by atoms with E-state index in [-0.39, 0.29) is 12.1 Å². The molecule has 32 heavy (non-hydrogen) atoms. The molecule has 1 saturated heterocycles. The molecule has 1 unspecified atom stereocenters. The number of hydrogen-bond donors (Lipinski definition) is 0. The zero-order valence-corrected chi connectivity index (χ0v) is 17.7. The number of ether oxygens (including phenoxy) is 1. The van der Waals surface area contributed by atoms with Crippen LogP contribution < -0.4 is 9.80 Å². The van der Waals surface area contributed by atoms with Crippen LogP contribution in [0, 0.1) is 11.6 Å². The van der Waals surface area contributed by atoms with E-state index in [2.05, 4.69) is 9.97 Å². The highest BCUT2D eigenvalue weighted by atomic mass is 19.2. The van der Waals surface area contributed by atoms with Crippen LogP contribution in [-0.2, 0) is 9.53 Å². The molecule has 0 saturated carbocycles. The summed E-state index contributed by atoms with van der Waals surface area (Å²) in [7, 11) is 1.71. The quantitative estimate of drug-likeness (QED) is 0.620. The van der Waals surface area contributed by atoms with Crippen molar-refractivity contribution < 1.29 is 18.3 Å². The van der Waals surface area contributed by atoms with Crippen molar-refractivity contribution in [2.24, 2.45) is 0 Å². The van der Waals surface area contributed by atoms with Crippen molar-refractivity contribution >= 4 is 17.4 Å². The van der Waals surface area contributed by atoms with Gasteiger partial charge in [-0.25, -0.2) is 18.7 Å². The number of anilines is 2. The van der Waals surface area contributed by atoms with Crippen molar-refractivity contribution in [2.75, 3.05) is 23.5 Å². The largest absolute Gasteiger partial charge is 0.358 e. The lowest BCUT2D eigenvalue weighted by molar-refractivity contribution is -0.120. The van der Waals surface area contributed by atoms with Gasteiger partial charge in [-0.15, -0.1) is 0 Å². The smallest absolute Gasteiger partial charge is 0.249 e. The lowest BCUT2D eigenvalue weighted by atomic mass is 10.1. The van der Waals surface area contributed by atoms with Gasteiger partial charge >= 0.3 is 0 Å². The van der Waals surface area contributed by atoms with Crippen molar-refractivity contribution in [1.82, 2.24) is 19.5 Å². The Morgan fingerprint density at radius 3 is 2.78 bits per heavy atom. The minimum atomic E-state index is -0.959. The van der Waals surface area contributed by atoms with Crippen LogP contribution in [0.4, 0.5) is 20.3 Å². The van der Waals surface area contributed by atoms with Gasteiger partial charge in [0.15, 0.2) is 17.5 Å². The molecule has 10 heteroatoms. The normalized spacial score (nSPS) is 20.7. The summed E-state index contributed by atoms with van der Waals surface area (Å²) in [6, 6.07) is 3.20. The molecule has 1 aromatic carbocycles. The summed E-state index contributed by atoms with van der Waals surface area (Å²) in [6.45, 7) is 2.60. The molecule has 2 aromatic heterocycles. The van der Waals surface area contributed by atoms with Gasteiger partial charge < -0.3 is 14.5 Å². The van der Waals surface area contributed by atoms with E-state index < -0.39 is 17.7 Å². The Balaban J connectivity index is 1.62. The fraction of sp³-hybridized carbons (Fsp3) is 0.364. The van der Waals surface area contributed by atoms with Crippen LogP contribution in [0.2, 0.25) is 0 Å². The highest BCUT2D eigenvalue weighted by molar-refractivity contribution is 6.04. The summed E-state index contributed by atoms with van der Waals surface area (Å²) in [4.78, 5) is 30.0. The average molecular weight is 440 g/mol. The second-order valence-corrected chi connectivity index (χ2v) is 7.82. The van der Waals surface area contributed by atoms with Crippen LogP contribution in [0.1, 0.15) is 26.2 Å². The maximum Gasteiger partial charge on any atom is 0.249 e. The third-order valence-corrected chi connectivity index (χ3v) is 5.93. The number of halogens is 2. The van der Waals surface area contributed by atoms with E-state index in [0.29, 0.717) is 41.9 Å². The van der Waals surface area contributed by atoms with Crippen molar-refractivity contribution in [1.29, 1.82) is 0 Å². The zero-order chi connectivity index (χ0) is 22.4. The number of rotatable bonds is 4. The molecule has 0 bridgehead atoms. The number of benzene rings is 1. The molecule has 8 nitrogen and oxygen atoms in total. The second kappa shape index (κ2) is 7.94. The molecule has 0 aliphatic carbocycles. The SMILES string of the molecule is CC[C@@H]1C(=O)N(C)c2cnc(-n3ccnc3-c3ccc(F)c(F)c3)nc2N1C1CCCO1. The van der Waals surface area contributed by atoms with Gasteiger partial charge in [-0.3, -0.25) is 9.36 Å². The maximum atomic E-state index is 13.8. The van der Waals surface area contributed by atoms with Crippen molar-refractivity contribution in [3.8, 4) is 17.3 Å². The van der Waals surface area contributed by atoms with Gasteiger partial charge in [0.2, 0.25) is 11.9 Å². The highest BCUT2D eigenvalue weighted by Crippen LogP contribution is 2.38. The predicted octanol–water partition coefficient (Wildman–Crippen LogP) is 3.31. The number of amides is 1. The molecule has 166 valence electrons.